The second-order valence-corrected chi connectivity index (χ2v) is 6.12. The Morgan fingerprint density at radius 2 is 1.95 bits per heavy atom. The highest BCUT2D eigenvalue weighted by molar-refractivity contribution is 5.74. The molecule has 5 nitrogen and oxygen atoms in total. The van der Waals surface area contributed by atoms with Gasteiger partial charge in [0.2, 0.25) is 0 Å². The Bertz CT molecular complexity index is 495. The SMILES string of the molecule is CC(C)(C)OC(=O)N1C[C@H](Oc2ccccc2)C[C@H]1C=O. The molecule has 1 amide bonds. The van der Waals surface area contributed by atoms with Crippen LogP contribution in [0.3, 0.4) is 0 Å². The van der Waals surface area contributed by atoms with Crippen LogP contribution in [0.5, 0.6) is 5.75 Å². The van der Waals surface area contributed by atoms with Gasteiger partial charge in [0.15, 0.2) is 0 Å². The van der Waals surface area contributed by atoms with Crippen LogP contribution >= 0.6 is 0 Å². The van der Waals surface area contributed by atoms with Gasteiger partial charge < -0.3 is 14.3 Å². The van der Waals surface area contributed by atoms with Crippen LogP contribution in [-0.2, 0) is 9.53 Å². The van der Waals surface area contributed by atoms with Gasteiger partial charge in [0.25, 0.3) is 0 Å². The number of likely N-dealkylation sites (tertiary alicyclic amines) is 1. The molecule has 0 bridgehead atoms. The molecule has 1 heterocycles. The van der Waals surface area contributed by atoms with Crippen molar-refractivity contribution in [1.29, 1.82) is 0 Å². The van der Waals surface area contributed by atoms with Gasteiger partial charge >= 0.3 is 6.09 Å². The van der Waals surface area contributed by atoms with Crippen LogP contribution < -0.4 is 4.74 Å². The van der Waals surface area contributed by atoms with Gasteiger partial charge in [0, 0.05) is 6.42 Å². The number of rotatable bonds is 3. The second-order valence-electron chi connectivity index (χ2n) is 6.12. The van der Waals surface area contributed by atoms with Crippen molar-refractivity contribution in [3.63, 3.8) is 0 Å². The van der Waals surface area contributed by atoms with Gasteiger partial charge in [-0.2, -0.15) is 0 Å². The third kappa shape index (κ3) is 4.21. The Morgan fingerprint density at radius 1 is 1.29 bits per heavy atom. The number of benzene rings is 1. The molecule has 1 aliphatic rings. The lowest BCUT2D eigenvalue weighted by molar-refractivity contribution is -0.111. The number of amides is 1. The zero-order chi connectivity index (χ0) is 15.5. The average Bonchev–Trinajstić information content (AvgIpc) is 2.81. The van der Waals surface area contributed by atoms with E-state index in [0.29, 0.717) is 13.0 Å². The van der Waals surface area contributed by atoms with Crippen molar-refractivity contribution >= 4 is 12.4 Å². The molecule has 0 saturated carbocycles. The molecule has 0 unspecified atom stereocenters. The Labute approximate surface area is 124 Å². The molecule has 1 aromatic carbocycles. The molecule has 0 spiro atoms. The van der Waals surface area contributed by atoms with E-state index in [4.69, 9.17) is 9.47 Å². The minimum atomic E-state index is -0.580. The van der Waals surface area contributed by atoms with Crippen molar-refractivity contribution < 1.29 is 19.1 Å². The number of para-hydroxylation sites is 1. The molecule has 0 N–H and O–H groups in total. The van der Waals surface area contributed by atoms with Gasteiger partial charge in [-0.25, -0.2) is 4.79 Å². The van der Waals surface area contributed by atoms with E-state index in [1.807, 2.05) is 30.3 Å². The number of carbonyl (C=O) groups excluding carboxylic acids is 2. The summed E-state index contributed by atoms with van der Waals surface area (Å²) >= 11 is 0. The molecule has 1 fully saturated rings. The maximum absolute atomic E-state index is 12.1. The van der Waals surface area contributed by atoms with Crippen molar-refractivity contribution in [2.45, 2.75) is 44.9 Å². The maximum atomic E-state index is 12.1. The monoisotopic (exact) mass is 291 g/mol. The molecule has 1 saturated heterocycles. The normalized spacial score (nSPS) is 22.0. The van der Waals surface area contributed by atoms with Crippen LogP contribution in [0.2, 0.25) is 0 Å². The standard InChI is InChI=1S/C16H21NO4/c1-16(2,3)21-15(19)17-10-14(9-12(17)11-18)20-13-7-5-4-6-8-13/h4-8,11-12,14H,9-10H2,1-3H3/t12-,14+/m0/s1. The van der Waals surface area contributed by atoms with Crippen molar-refractivity contribution in [3.05, 3.63) is 30.3 Å². The number of hydrogen-bond acceptors (Lipinski definition) is 4. The molecule has 1 aromatic rings. The fraction of sp³-hybridized carbons (Fsp3) is 0.500. The first-order valence-corrected chi connectivity index (χ1v) is 7.05. The minimum absolute atomic E-state index is 0.199. The van der Waals surface area contributed by atoms with E-state index in [2.05, 4.69) is 0 Å². The smallest absolute Gasteiger partial charge is 0.411 e. The largest absolute Gasteiger partial charge is 0.488 e. The van der Waals surface area contributed by atoms with Crippen LogP contribution in [0.4, 0.5) is 4.79 Å². The molecule has 2 atom stereocenters. The van der Waals surface area contributed by atoms with Crippen LogP contribution in [0.1, 0.15) is 27.2 Å². The lowest BCUT2D eigenvalue weighted by Crippen LogP contribution is -2.41. The van der Waals surface area contributed by atoms with Gasteiger partial charge in [-0.3, -0.25) is 4.90 Å². The highest BCUT2D eigenvalue weighted by Crippen LogP contribution is 2.24. The molecule has 21 heavy (non-hydrogen) atoms. The van der Waals surface area contributed by atoms with Gasteiger partial charge in [-0.15, -0.1) is 0 Å². The summed E-state index contributed by atoms with van der Waals surface area (Å²) < 4.78 is 11.1. The van der Waals surface area contributed by atoms with Gasteiger partial charge in [0.1, 0.15) is 23.7 Å². The predicted molar refractivity (Wildman–Crippen MR) is 78.3 cm³/mol. The zero-order valence-corrected chi connectivity index (χ0v) is 12.6. The summed E-state index contributed by atoms with van der Waals surface area (Å²) in [5, 5.41) is 0. The highest BCUT2D eigenvalue weighted by Gasteiger charge is 2.38. The van der Waals surface area contributed by atoms with E-state index >= 15 is 0 Å². The number of hydrogen-bond donors (Lipinski definition) is 0. The van der Waals surface area contributed by atoms with Crippen molar-refractivity contribution in [2.24, 2.45) is 0 Å². The highest BCUT2D eigenvalue weighted by atomic mass is 16.6. The summed E-state index contributed by atoms with van der Waals surface area (Å²) in [4.78, 5) is 24.7. The fourth-order valence-corrected chi connectivity index (χ4v) is 2.26. The van der Waals surface area contributed by atoms with Crippen LogP contribution in [0.15, 0.2) is 30.3 Å². The van der Waals surface area contributed by atoms with E-state index in [9.17, 15) is 9.59 Å². The Morgan fingerprint density at radius 3 is 2.52 bits per heavy atom. The Kier molecular flexibility index (Phi) is 4.50. The first-order chi connectivity index (χ1) is 9.89. The van der Waals surface area contributed by atoms with E-state index in [1.54, 1.807) is 20.8 Å². The maximum Gasteiger partial charge on any atom is 0.411 e. The lowest BCUT2D eigenvalue weighted by atomic mass is 10.2. The number of carbonyl (C=O) groups is 2. The Hall–Kier alpha value is -2.04. The molecule has 0 radical (unpaired) electrons. The summed E-state index contributed by atoms with van der Waals surface area (Å²) in [6.45, 7) is 5.76. The first-order valence-electron chi connectivity index (χ1n) is 7.05. The zero-order valence-electron chi connectivity index (χ0n) is 12.6. The molecule has 0 aliphatic carbocycles. The van der Waals surface area contributed by atoms with Gasteiger partial charge in [-0.1, -0.05) is 18.2 Å². The molecule has 0 aromatic heterocycles. The van der Waals surface area contributed by atoms with Crippen molar-refractivity contribution in [3.8, 4) is 5.75 Å². The van der Waals surface area contributed by atoms with E-state index in [0.717, 1.165) is 12.0 Å². The summed E-state index contributed by atoms with van der Waals surface area (Å²) in [6, 6.07) is 8.88. The van der Waals surface area contributed by atoms with Crippen LogP contribution in [0.25, 0.3) is 0 Å². The average molecular weight is 291 g/mol. The molecule has 2 rings (SSSR count). The molecule has 114 valence electrons. The van der Waals surface area contributed by atoms with Gasteiger partial charge in [-0.05, 0) is 32.9 Å². The Balaban J connectivity index is 2.00. The molecular weight excluding hydrogens is 270 g/mol. The van der Waals surface area contributed by atoms with Crippen molar-refractivity contribution in [1.82, 2.24) is 4.90 Å². The summed E-state index contributed by atoms with van der Waals surface area (Å²) in [5.74, 6) is 0.734. The van der Waals surface area contributed by atoms with E-state index in [-0.39, 0.29) is 6.10 Å². The van der Waals surface area contributed by atoms with Crippen LogP contribution in [-0.4, -0.2) is 41.6 Å². The molecule has 5 heteroatoms. The van der Waals surface area contributed by atoms with Crippen molar-refractivity contribution in [2.75, 3.05) is 6.54 Å². The summed E-state index contributed by atoms with van der Waals surface area (Å²) in [5.41, 5.74) is -0.580. The fourth-order valence-electron chi connectivity index (χ4n) is 2.26. The van der Waals surface area contributed by atoms with E-state index in [1.165, 1.54) is 4.90 Å². The number of nitrogens with zero attached hydrogens (tertiary/aromatic N) is 1. The number of aldehydes is 1. The van der Waals surface area contributed by atoms with Crippen LogP contribution in [0, 0.1) is 0 Å². The summed E-state index contributed by atoms with van der Waals surface area (Å²) in [7, 11) is 0. The predicted octanol–water partition coefficient (Wildman–Crippen LogP) is 2.64. The van der Waals surface area contributed by atoms with Gasteiger partial charge in [0.05, 0.1) is 12.6 Å². The number of ether oxygens (including phenoxy) is 2. The topological polar surface area (TPSA) is 55.8 Å². The second kappa shape index (κ2) is 6.16. The quantitative estimate of drug-likeness (QED) is 0.803. The first kappa shape index (κ1) is 15.4. The molecule has 1 aliphatic heterocycles. The third-order valence-corrected chi connectivity index (χ3v) is 3.14. The molecular formula is C16H21NO4. The lowest BCUT2D eigenvalue weighted by Gasteiger charge is -2.26. The van der Waals surface area contributed by atoms with E-state index < -0.39 is 17.7 Å². The third-order valence-electron chi connectivity index (χ3n) is 3.14. The summed E-state index contributed by atoms with van der Waals surface area (Å²) in [6.07, 6.45) is 0.587. The minimum Gasteiger partial charge on any atom is -0.488 e.